The average Bonchev–Trinajstić information content (AvgIpc) is 3.91. The maximum absolute atomic E-state index is 6.63. The van der Waals surface area contributed by atoms with E-state index in [9.17, 15) is 0 Å². The SMILES string of the molecule is c1ccc(-c2cc(-c3cccc(-c4ccc(-c5nc6cc(-c7ccc8sc9ccccc9c8c7)ccc6c6c5oc5ccccc56)cc4)c3)cc(-c3ccccn3)n2)nc1. The number of thiophene rings is 1. The summed E-state index contributed by atoms with van der Waals surface area (Å²) in [5, 5.41) is 5.83. The number of rotatable bonds is 6. The first kappa shape index (κ1) is 34.3. The van der Waals surface area contributed by atoms with Crippen LogP contribution in [0, 0.1) is 0 Å². The van der Waals surface area contributed by atoms with Crippen molar-refractivity contribution in [2.24, 2.45) is 0 Å². The van der Waals surface area contributed by atoms with Gasteiger partial charge in [-0.05, 0) is 106 Å². The van der Waals surface area contributed by atoms with E-state index in [0.29, 0.717) is 0 Å². The van der Waals surface area contributed by atoms with Crippen molar-refractivity contribution in [2.45, 2.75) is 0 Å². The molecule has 12 rings (SSSR count). The first-order valence-electron chi connectivity index (χ1n) is 19.9. The zero-order chi connectivity index (χ0) is 39.6. The predicted octanol–water partition coefficient (Wildman–Crippen LogP) is 14.7. The van der Waals surface area contributed by atoms with Crippen LogP contribution in [-0.2, 0) is 0 Å². The molecule has 0 aliphatic carbocycles. The average molecular weight is 785 g/mol. The Morgan fingerprint density at radius 2 is 0.983 bits per heavy atom. The van der Waals surface area contributed by atoms with E-state index in [0.717, 1.165) is 94.7 Å². The first-order valence-corrected chi connectivity index (χ1v) is 20.7. The van der Waals surface area contributed by atoms with Crippen LogP contribution in [0.2, 0.25) is 0 Å². The summed E-state index contributed by atoms with van der Waals surface area (Å²) in [5.74, 6) is 0. The highest BCUT2D eigenvalue weighted by molar-refractivity contribution is 7.25. The van der Waals surface area contributed by atoms with Crippen LogP contribution in [-0.4, -0.2) is 19.9 Å². The van der Waals surface area contributed by atoms with Gasteiger partial charge in [0.2, 0.25) is 0 Å². The molecule has 0 unspecified atom stereocenters. The number of furan rings is 1. The number of para-hydroxylation sites is 1. The van der Waals surface area contributed by atoms with Crippen molar-refractivity contribution in [3.8, 4) is 67.4 Å². The highest BCUT2D eigenvalue weighted by Crippen LogP contribution is 2.42. The van der Waals surface area contributed by atoms with Gasteiger partial charge in [-0.2, -0.15) is 0 Å². The molecular formula is C54H32N4OS. The summed E-state index contributed by atoms with van der Waals surface area (Å²) >= 11 is 1.84. The fourth-order valence-electron chi connectivity index (χ4n) is 8.45. The van der Waals surface area contributed by atoms with Crippen molar-refractivity contribution in [3.63, 3.8) is 0 Å². The quantitative estimate of drug-likeness (QED) is 0.168. The Balaban J connectivity index is 0.949. The minimum Gasteiger partial charge on any atom is -0.454 e. The number of benzene rings is 6. The topological polar surface area (TPSA) is 64.7 Å². The van der Waals surface area contributed by atoms with Gasteiger partial charge in [-0.3, -0.25) is 9.97 Å². The van der Waals surface area contributed by atoms with Crippen LogP contribution in [0.5, 0.6) is 0 Å². The van der Waals surface area contributed by atoms with Crippen molar-refractivity contribution in [1.29, 1.82) is 0 Å². The third kappa shape index (κ3) is 5.84. The molecule has 0 aliphatic heterocycles. The van der Waals surface area contributed by atoms with Crippen LogP contribution < -0.4 is 0 Å². The number of hydrogen-bond acceptors (Lipinski definition) is 6. The molecule has 0 fully saturated rings. The van der Waals surface area contributed by atoms with Crippen molar-refractivity contribution in [3.05, 3.63) is 194 Å². The lowest BCUT2D eigenvalue weighted by Crippen LogP contribution is -1.94. The van der Waals surface area contributed by atoms with E-state index in [1.165, 1.54) is 25.7 Å². The van der Waals surface area contributed by atoms with Crippen molar-refractivity contribution in [2.75, 3.05) is 0 Å². The molecule has 0 N–H and O–H groups in total. The normalized spacial score (nSPS) is 11.7. The molecule has 6 heterocycles. The molecule has 0 amide bonds. The third-order valence-corrected chi connectivity index (χ3v) is 12.5. The summed E-state index contributed by atoms with van der Waals surface area (Å²) in [5.41, 5.74) is 14.3. The molecule has 0 saturated carbocycles. The van der Waals surface area contributed by atoms with Gasteiger partial charge in [0.1, 0.15) is 11.3 Å². The molecular weight excluding hydrogens is 753 g/mol. The van der Waals surface area contributed by atoms with E-state index >= 15 is 0 Å². The summed E-state index contributed by atoms with van der Waals surface area (Å²) in [6.07, 6.45) is 3.60. The van der Waals surface area contributed by atoms with Crippen LogP contribution in [0.1, 0.15) is 0 Å². The fourth-order valence-corrected chi connectivity index (χ4v) is 9.54. The van der Waals surface area contributed by atoms with Crippen molar-refractivity contribution >= 4 is 64.4 Å². The molecule has 6 aromatic carbocycles. The Labute approximate surface area is 348 Å². The smallest absolute Gasteiger partial charge is 0.162 e. The van der Waals surface area contributed by atoms with E-state index < -0.39 is 0 Å². The van der Waals surface area contributed by atoms with Gasteiger partial charge >= 0.3 is 0 Å². The van der Waals surface area contributed by atoms with Crippen LogP contribution in [0.4, 0.5) is 0 Å². The van der Waals surface area contributed by atoms with Crippen LogP contribution in [0.3, 0.4) is 0 Å². The Morgan fingerprint density at radius 1 is 0.367 bits per heavy atom. The largest absolute Gasteiger partial charge is 0.454 e. The zero-order valence-corrected chi connectivity index (χ0v) is 32.9. The summed E-state index contributed by atoms with van der Waals surface area (Å²) in [6.45, 7) is 0. The van der Waals surface area contributed by atoms with Gasteiger partial charge in [0.15, 0.2) is 5.58 Å². The molecule has 5 nitrogen and oxygen atoms in total. The molecule has 0 aliphatic rings. The second kappa shape index (κ2) is 13.9. The van der Waals surface area contributed by atoms with Crippen LogP contribution in [0.25, 0.3) is 120 Å². The highest BCUT2D eigenvalue weighted by atomic mass is 32.1. The van der Waals surface area contributed by atoms with Gasteiger partial charge in [0.05, 0.1) is 28.3 Å². The van der Waals surface area contributed by atoms with E-state index in [4.69, 9.17) is 14.4 Å². The molecule has 280 valence electrons. The van der Waals surface area contributed by atoms with Gasteiger partial charge in [-0.15, -0.1) is 11.3 Å². The maximum Gasteiger partial charge on any atom is 0.162 e. The molecule has 6 heteroatoms. The number of pyridine rings is 4. The molecule has 0 spiro atoms. The molecule has 0 radical (unpaired) electrons. The molecule has 0 atom stereocenters. The third-order valence-electron chi connectivity index (χ3n) is 11.4. The lowest BCUT2D eigenvalue weighted by Gasteiger charge is -2.11. The zero-order valence-electron chi connectivity index (χ0n) is 32.1. The predicted molar refractivity (Wildman–Crippen MR) is 248 cm³/mol. The lowest BCUT2D eigenvalue weighted by atomic mass is 9.96. The van der Waals surface area contributed by atoms with Crippen LogP contribution in [0.15, 0.2) is 199 Å². The van der Waals surface area contributed by atoms with Gasteiger partial charge in [-0.1, -0.05) is 109 Å². The number of hydrogen-bond donors (Lipinski definition) is 0. The van der Waals surface area contributed by atoms with Crippen molar-refractivity contribution < 1.29 is 4.42 Å². The van der Waals surface area contributed by atoms with Gasteiger partial charge in [-0.25, -0.2) is 9.97 Å². The molecule has 0 bridgehead atoms. The summed E-state index contributed by atoms with van der Waals surface area (Å²) in [6, 6.07) is 63.7. The number of nitrogens with zero attached hydrogens (tertiary/aromatic N) is 4. The van der Waals surface area contributed by atoms with E-state index in [-0.39, 0.29) is 0 Å². The molecule has 6 aromatic heterocycles. The number of aromatic nitrogens is 4. The lowest BCUT2D eigenvalue weighted by molar-refractivity contribution is 0.669. The maximum atomic E-state index is 6.63. The summed E-state index contributed by atoms with van der Waals surface area (Å²) in [4.78, 5) is 19.6. The summed E-state index contributed by atoms with van der Waals surface area (Å²) in [7, 11) is 0. The van der Waals surface area contributed by atoms with Gasteiger partial charge in [0, 0.05) is 54.3 Å². The van der Waals surface area contributed by atoms with Gasteiger partial charge in [0.25, 0.3) is 0 Å². The standard InChI is InChI=1S/C54H32N4OS/c1-3-16-49-42(13-1)52-41-24-22-38(37-23-25-51-43(29-37)40-12-2-4-17-50(40)60-51)30-46(41)58-53(54(52)59-49)34-20-18-33(19-21-34)35-10-9-11-36(28-35)39-31-47(44-14-5-7-26-55-44)57-48(32-39)45-15-6-8-27-56-45/h1-32H. The van der Waals surface area contributed by atoms with Crippen molar-refractivity contribution in [1.82, 2.24) is 19.9 Å². The second-order valence-electron chi connectivity index (χ2n) is 15.0. The Kier molecular flexibility index (Phi) is 7.96. The molecule has 12 aromatic rings. The highest BCUT2D eigenvalue weighted by Gasteiger charge is 2.19. The van der Waals surface area contributed by atoms with Gasteiger partial charge < -0.3 is 4.42 Å². The monoisotopic (exact) mass is 784 g/mol. The fraction of sp³-hybridized carbons (Fsp3) is 0. The minimum absolute atomic E-state index is 0.794. The Hall–Kier alpha value is -7.80. The van der Waals surface area contributed by atoms with E-state index in [1.54, 1.807) is 12.4 Å². The van der Waals surface area contributed by atoms with E-state index in [2.05, 4.69) is 143 Å². The second-order valence-corrected chi connectivity index (χ2v) is 16.1. The Bertz CT molecular complexity index is 3540. The molecule has 60 heavy (non-hydrogen) atoms. The minimum atomic E-state index is 0.794. The number of fused-ring (bicyclic) bond motifs is 8. The molecule has 0 saturated heterocycles. The first-order chi connectivity index (χ1) is 29.7. The van der Waals surface area contributed by atoms with Crippen LogP contribution >= 0.6 is 11.3 Å². The summed E-state index contributed by atoms with van der Waals surface area (Å²) < 4.78 is 9.23. The van der Waals surface area contributed by atoms with E-state index in [1.807, 2.05) is 59.9 Å². The Morgan fingerprint density at radius 3 is 1.75 bits per heavy atom.